The lowest BCUT2D eigenvalue weighted by molar-refractivity contribution is 0.0916. The molecule has 6 heteroatoms. The third-order valence-corrected chi connectivity index (χ3v) is 4.72. The molecule has 0 radical (unpaired) electrons. The molecule has 2 aromatic carbocycles. The van der Waals surface area contributed by atoms with Gasteiger partial charge in [-0.2, -0.15) is 0 Å². The minimum absolute atomic E-state index is 0.141. The van der Waals surface area contributed by atoms with E-state index >= 15 is 0 Å². The van der Waals surface area contributed by atoms with E-state index in [1.807, 2.05) is 18.2 Å². The highest BCUT2D eigenvalue weighted by atomic mass is 16.5. The maximum absolute atomic E-state index is 12.4. The van der Waals surface area contributed by atoms with Gasteiger partial charge in [-0.3, -0.25) is 4.79 Å². The van der Waals surface area contributed by atoms with Gasteiger partial charge in [0.2, 0.25) is 0 Å². The van der Waals surface area contributed by atoms with Gasteiger partial charge in [0.15, 0.2) is 11.5 Å². The number of rotatable bonds is 6. The van der Waals surface area contributed by atoms with Crippen LogP contribution >= 0.6 is 0 Å². The van der Waals surface area contributed by atoms with Crippen molar-refractivity contribution < 1.29 is 19.4 Å². The number of aliphatic hydroxyl groups excluding tert-OH is 1. The highest BCUT2D eigenvalue weighted by Crippen LogP contribution is 2.29. The Morgan fingerprint density at radius 1 is 1.19 bits per heavy atom. The molecule has 1 heterocycles. The molecular weight excluding hydrogens is 332 g/mol. The second-order valence-electron chi connectivity index (χ2n) is 6.36. The molecule has 0 aliphatic carbocycles. The van der Waals surface area contributed by atoms with Gasteiger partial charge in [0.25, 0.3) is 5.91 Å². The Bertz CT molecular complexity index is 806. The van der Waals surface area contributed by atoms with Gasteiger partial charge >= 0.3 is 0 Å². The summed E-state index contributed by atoms with van der Waals surface area (Å²) in [5.41, 5.74) is 3.70. The van der Waals surface area contributed by atoms with Gasteiger partial charge in [0.1, 0.15) is 0 Å². The van der Waals surface area contributed by atoms with Crippen molar-refractivity contribution in [3.05, 3.63) is 53.1 Å². The summed E-state index contributed by atoms with van der Waals surface area (Å²) in [6, 6.07) is 10.9. The normalized spacial score (nSPS) is 13.9. The van der Waals surface area contributed by atoms with E-state index in [0.717, 1.165) is 18.5 Å². The number of anilines is 1. The number of hydrogen-bond donors (Lipinski definition) is 2. The van der Waals surface area contributed by atoms with Gasteiger partial charge in [-0.25, -0.2) is 0 Å². The van der Waals surface area contributed by atoms with Gasteiger partial charge in [-0.15, -0.1) is 0 Å². The van der Waals surface area contributed by atoms with Gasteiger partial charge < -0.3 is 24.8 Å². The number of carbonyl (C=O) groups is 1. The minimum Gasteiger partial charge on any atom is -0.493 e. The number of ether oxygens (including phenoxy) is 2. The first-order valence-corrected chi connectivity index (χ1v) is 8.55. The van der Waals surface area contributed by atoms with Crippen molar-refractivity contribution in [2.24, 2.45) is 0 Å². The van der Waals surface area contributed by atoms with E-state index < -0.39 is 6.10 Å². The predicted molar refractivity (Wildman–Crippen MR) is 100 cm³/mol. The number of benzene rings is 2. The monoisotopic (exact) mass is 356 g/mol. The molecule has 2 N–H and O–H groups in total. The fraction of sp³-hybridized carbons (Fsp3) is 0.350. The molecule has 26 heavy (non-hydrogen) atoms. The Morgan fingerprint density at radius 3 is 2.69 bits per heavy atom. The van der Waals surface area contributed by atoms with Crippen molar-refractivity contribution in [2.45, 2.75) is 12.5 Å². The molecule has 0 aromatic heterocycles. The number of likely N-dealkylation sites (N-methyl/N-ethyl adjacent to an activating group) is 1. The maximum atomic E-state index is 12.4. The lowest BCUT2D eigenvalue weighted by Gasteiger charge is -2.16. The molecule has 1 amide bonds. The van der Waals surface area contributed by atoms with Crippen molar-refractivity contribution in [2.75, 3.05) is 39.3 Å². The summed E-state index contributed by atoms with van der Waals surface area (Å²) in [5.74, 6) is 0.779. The number of carbonyl (C=O) groups excluding carboxylic acids is 1. The van der Waals surface area contributed by atoms with Crippen molar-refractivity contribution in [3.8, 4) is 11.5 Å². The zero-order valence-corrected chi connectivity index (χ0v) is 15.3. The first-order valence-electron chi connectivity index (χ1n) is 8.55. The Hall–Kier alpha value is -2.73. The standard InChI is InChI=1S/C20H24N2O4/c1-22-9-8-13-10-14(4-6-16(13)22)17(23)12-21-20(24)15-5-7-18(25-2)19(11-15)26-3/h4-7,10-11,17,23H,8-9,12H2,1-3H3,(H,21,24). The summed E-state index contributed by atoms with van der Waals surface area (Å²) in [5, 5.41) is 13.2. The van der Waals surface area contributed by atoms with E-state index in [-0.39, 0.29) is 12.5 Å². The molecule has 0 fully saturated rings. The zero-order chi connectivity index (χ0) is 18.7. The van der Waals surface area contributed by atoms with Crippen molar-refractivity contribution >= 4 is 11.6 Å². The first kappa shape index (κ1) is 18.1. The third kappa shape index (κ3) is 3.60. The van der Waals surface area contributed by atoms with E-state index in [9.17, 15) is 9.90 Å². The van der Waals surface area contributed by atoms with Gasteiger partial charge in [-0.1, -0.05) is 12.1 Å². The highest BCUT2D eigenvalue weighted by Gasteiger charge is 2.18. The van der Waals surface area contributed by atoms with Crippen LogP contribution in [0.5, 0.6) is 11.5 Å². The van der Waals surface area contributed by atoms with E-state index in [2.05, 4.69) is 17.3 Å². The smallest absolute Gasteiger partial charge is 0.251 e. The van der Waals surface area contributed by atoms with Gasteiger partial charge in [0.05, 0.1) is 20.3 Å². The van der Waals surface area contributed by atoms with E-state index in [1.165, 1.54) is 18.4 Å². The largest absolute Gasteiger partial charge is 0.493 e. The average molecular weight is 356 g/mol. The number of fused-ring (bicyclic) bond motifs is 1. The second-order valence-corrected chi connectivity index (χ2v) is 6.36. The topological polar surface area (TPSA) is 71.0 Å². The van der Waals surface area contributed by atoms with Crippen LogP contribution in [0.15, 0.2) is 36.4 Å². The van der Waals surface area contributed by atoms with Crippen molar-refractivity contribution in [1.82, 2.24) is 5.32 Å². The average Bonchev–Trinajstić information content (AvgIpc) is 3.05. The van der Waals surface area contributed by atoms with Crippen LogP contribution in [-0.2, 0) is 6.42 Å². The Morgan fingerprint density at radius 2 is 1.96 bits per heavy atom. The Kier molecular flexibility index (Phi) is 5.32. The van der Waals surface area contributed by atoms with Crippen LogP contribution in [0.3, 0.4) is 0 Å². The van der Waals surface area contributed by atoms with E-state index in [1.54, 1.807) is 25.3 Å². The second kappa shape index (κ2) is 7.66. The van der Waals surface area contributed by atoms with Crippen LogP contribution in [0.4, 0.5) is 5.69 Å². The molecule has 1 atom stereocenters. The van der Waals surface area contributed by atoms with Crippen LogP contribution in [0.1, 0.15) is 27.6 Å². The fourth-order valence-corrected chi connectivity index (χ4v) is 3.18. The number of methoxy groups -OCH3 is 2. The number of amides is 1. The van der Waals surface area contributed by atoms with Crippen LogP contribution < -0.4 is 19.7 Å². The van der Waals surface area contributed by atoms with Crippen LogP contribution in [0, 0.1) is 0 Å². The quantitative estimate of drug-likeness (QED) is 0.830. The first-order chi connectivity index (χ1) is 12.5. The van der Waals surface area contributed by atoms with Gasteiger partial charge in [0, 0.05) is 31.4 Å². The predicted octanol–water partition coefficient (Wildman–Crippen LogP) is 2.16. The molecule has 0 saturated carbocycles. The number of nitrogens with zero attached hydrogens (tertiary/aromatic N) is 1. The number of nitrogens with one attached hydrogen (secondary N) is 1. The molecule has 1 aliphatic rings. The van der Waals surface area contributed by atoms with Crippen LogP contribution in [-0.4, -0.2) is 45.4 Å². The summed E-state index contributed by atoms with van der Waals surface area (Å²) in [6.45, 7) is 1.13. The third-order valence-electron chi connectivity index (χ3n) is 4.72. The molecule has 0 bridgehead atoms. The molecule has 138 valence electrons. The van der Waals surface area contributed by atoms with Crippen molar-refractivity contribution in [3.63, 3.8) is 0 Å². The molecule has 6 nitrogen and oxygen atoms in total. The Balaban J connectivity index is 1.64. The lowest BCUT2D eigenvalue weighted by atomic mass is 10.0. The van der Waals surface area contributed by atoms with Crippen LogP contribution in [0.25, 0.3) is 0 Å². The van der Waals surface area contributed by atoms with Crippen LogP contribution in [0.2, 0.25) is 0 Å². The summed E-state index contributed by atoms with van der Waals surface area (Å²) in [4.78, 5) is 14.6. The molecule has 0 saturated heterocycles. The molecule has 2 aromatic rings. The SMILES string of the molecule is COc1ccc(C(=O)NCC(O)c2ccc3c(c2)CCN3C)cc1OC. The molecule has 1 aliphatic heterocycles. The number of hydrogen-bond acceptors (Lipinski definition) is 5. The Labute approximate surface area is 153 Å². The minimum atomic E-state index is -0.754. The lowest BCUT2D eigenvalue weighted by Crippen LogP contribution is -2.28. The molecule has 3 rings (SSSR count). The van der Waals surface area contributed by atoms with Crippen molar-refractivity contribution in [1.29, 1.82) is 0 Å². The zero-order valence-electron chi connectivity index (χ0n) is 15.3. The highest BCUT2D eigenvalue weighted by molar-refractivity contribution is 5.94. The summed E-state index contributed by atoms with van der Waals surface area (Å²) < 4.78 is 10.4. The van der Waals surface area contributed by atoms with Gasteiger partial charge in [-0.05, 0) is 41.8 Å². The fourth-order valence-electron chi connectivity index (χ4n) is 3.18. The maximum Gasteiger partial charge on any atom is 0.251 e. The summed E-state index contributed by atoms with van der Waals surface area (Å²) in [7, 11) is 5.13. The molecular formula is C20H24N2O4. The molecule has 0 spiro atoms. The molecule has 1 unspecified atom stereocenters. The number of aliphatic hydroxyl groups is 1. The van der Waals surface area contributed by atoms with E-state index in [4.69, 9.17) is 9.47 Å². The van der Waals surface area contributed by atoms with E-state index in [0.29, 0.717) is 17.1 Å². The summed E-state index contributed by atoms with van der Waals surface area (Å²) in [6.07, 6.45) is 0.222. The summed E-state index contributed by atoms with van der Waals surface area (Å²) >= 11 is 0.